The first-order valence-electron chi connectivity index (χ1n) is 6.17. The van der Waals surface area contributed by atoms with Gasteiger partial charge in [0.05, 0.1) is 17.8 Å². The molecular formula is C13H15CuN7S2. The van der Waals surface area contributed by atoms with Gasteiger partial charge in [-0.25, -0.2) is 0 Å². The average molecular weight is 397 g/mol. The van der Waals surface area contributed by atoms with E-state index in [0.717, 1.165) is 5.56 Å². The maximum atomic E-state index is 8.83. The fraction of sp³-hybridized carbons (Fsp3) is 0.154. The normalized spacial score (nSPS) is 10.2. The fourth-order valence-corrected chi connectivity index (χ4v) is 1.36. The summed E-state index contributed by atoms with van der Waals surface area (Å²) >= 11 is 9.90. The maximum Gasteiger partial charge on any atom is 0.186 e. The molecule has 0 atom stereocenters. The number of rotatable bonds is 4. The van der Waals surface area contributed by atoms with Crippen molar-refractivity contribution >= 4 is 46.6 Å². The van der Waals surface area contributed by atoms with Gasteiger partial charge in [0.2, 0.25) is 0 Å². The molecule has 10 heteroatoms. The van der Waals surface area contributed by atoms with Gasteiger partial charge in [-0.2, -0.15) is 15.5 Å². The number of hydrazone groups is 2. The molecule has 0 amide bonds. The Hall–Kier alpha value is -2.05. The van der Waals surface area contributed by atoms with Crippen molar-refractivity contribution in [2.75, 3.05) is 14.1 Å². The maximum absolute atomic E-state index is 8.83. The van der Waals surface area contributed by atoms with Crippen LogP contribution in [-0.4, -0.2) is 36.2 Å². The number of nitriles is 1. The Bertz CT molecular complexity index is 635. The molecule has 0 spiro atoms. The number of hydrogen-bond donors (Lipinski definition) is 4. The van der Waals surface area contributed by atoms with Crippen LogP contribution >= 0.6 is 24.4 Å². The third-order valence-electron chi connectivity index (χ3n) is 2.39. The van der Waals surface area contributed by atoms with Crippen LogP contribution in [0.1, 0.15) is 11.1 Å². The first kappa shape index (κ1) is 20.9. The predicted molar refractivity (Wildman–Crippen MR) is 95.8 cm³/mol. The first-order chi connectivity index (χ1) is 10.6. The summed E-state index contributed by atoms with van der Waals surface area (Å²) in [6.07, 6.45) is 1.50. The molecule has 23 heavy (non-hydrogen) atoms. The molecule has 1 aromatic rings. The van der Waals surface area contributed by atoms with Crippen molar-refractivity contribution in [1.29, 1.82) is 5.26 Å². The molecule has 1 radical (unpaired) electrons. The quantitative estimate of drug-likeness (QED) is 0.254. The van der Waals surface area contributed by atoms with Crippen LogP contribution in [0.5, 0.6) is 0 Å². The van der Waals surface area contributed by atoms with E-state index in [2.05, 4.69) is 37.8 Å². The molecule has 0 aliphatic rings. The van der Waals surface area contributed by atoms with Gasteiger partial charge >= 0.3 is 0 Å². The van der Waals surface area contributed by atoms with E-state index in [1.807, 2.05) is 0 Å². The molecule has 0 aromatic heterocycles. The average Bonchev–Trinajstić information content (AvgIpc) is 2.57. The van der Waals surface area contributed by atoms with E-state index in [9.17, 15) is 0 Å². The van der Waals surface area contributed by atoms with Crippen LogP contribution in [0.25, 0.3) is 0 Å². The molecule has 4 N–H and O–H groups in total. The first-order valence-corrected chi connectivity index (χ1v) is 6.99. The smallest absolute Gasteiger partial charge is 0.186 e. The SMILES string of the molecule is CNC(=S)NN=CC(=NNC(=S)NC)c1ccc(C#N)cc1.[Cu]. The van der Waals surface area contributed by atoms with Gasteiger partial charge in [-0.1, -0.05) is 12.1 Å². The molecule has 7 nitrogen and oxygen atoms in total. The van der Waals surface area contributed by atoms with Crippen LogP contribution in [0.2, 0.25) is 0 Å². The second-order valence-corrected chi connectivity index (χ2v) is 4.64. The molecule has 0 saturated heterocycles. The topological polar surface area (TPSA) is 96.6 Å². The van der Waals surface area contributed by atoms with Crippen molar-refractivity contribution in [3.8, 4) is 6.07 Å². The van der Waals surface area contributed by atoms with E-state index < -0.39 is 0 Å². The van der Waals surface area contributed by atoms with Gasteiger partial charge in [-0.3, -0.25) is 10.9 Å². The molecule has 0 fully saturated rings. The molecule has 0 bridgehead atoms. The van der Waals surface area contributed by atoms with Crippen molar-refractivity contribution in [3.63, 3.8) is 0 Å². The minimum Gasteiger partial charge on any atom is -0.364 e. The molecule has 0 heterocycles. The second-order valence-electron chi connectivity index (χ2n) is 3.83. The molecule has 125 valence electrons. The van der Waals surface area contributed by atoms with E-state index in [4.69, 9.17) is 29.7 Å². The number of nitrogens with zero attached hydrogens (tertiary/aromatic N) is 3. The summed E-state index contributed by atoms with van der Waals surface area (Å²) < 4.78 is 0. The van der Waals surface area contributed by atoms with Crippen LogP contribution in [0.15, 0.2) is 34.5 Å². The number of thiocarbonyl (C=S) groups is 2. The van der Waals surface area contributed by atoms with Crippen molar-refractivity contribution < 1.29 is 17.1 Å². The van der Waals surface area contributed by atoms with Gasteiger partial charge in [0.25, 0.3) is 0 Å². The van der Waals surface area contributed by atoms with Crippen LogP contribution in [0, 0.1) is 11.3 Å². The van der Waals surface area contributed by atoms with E-state index in [-0.39, 0.29) is 17.1 Å². The largest absolute Gasteiger partial charge is 0.364 e. The fourth-order valence-electron chi connectivity index (χ4n) is 1.26. The van der Waals surface area contributed by atoms with Crippen molar-refractivity contribution in [1.82, 2.24) is 21.5 Å². The molecule has 1 aromatic carbocycles. The Morgan fingerprint density at radius 3 is 2.17 bits per heavy atom. The van der Waals surface area contributed by atoms with E-state index >= 15 is 0 Å². The third-order valence-corrected chi connectivity index (χ3v) is 2.99. The Balaban J connectivity index is 0.00000484. The predicted octanol–water partition coefficient (Wildman–Crippen LogP) is 0.433. The van der Waals surface area contributed by atoms with Gasteiger partial charge in [0, 0.05) is 36.7 Å². The Labute approximate surface area is 156 Å². The summed E-state index contributed by atoms with van der Waals surface area (Å²) in [5.41, 5.74) is 7.18. The summed E-state index contributed by atoms with van der Waals surface area (Å²) in [5.74, 6) is 0. The van der Waals surface area contributed by atoms with Gasteiger partial charge < -0.3 is 10.6 Å². The van der Waals surface area contributed by atoms with Crippen molar-refractivity contribution in [2.45, 2.75) is 0 Å². The summed E-state index contributed by atoms with van der Waals surface area (Å²) in [7, 11) is 3.38. The van der Waals surface area contributed by atoms with Crippen LogP contribution in [0.3, 0.4) is 0 Å². The molecule has 1 rings (SSSR count). The summed E-state index contributed by atoms with van der Waals surface area (Å²) in [5, 5.41) is 23.2. The Morgan fingerprint density at radius 1 is 1.09 bits per heavy atom. The van der Waals surface area contributed by atoms with Crippen LogP contribution in [0.4, 0.5) is 0 Å². The molecule has 0 aliphatic heterocycles. The summed E-state index contributed by atoms with van der Waals surface area (Å²) in [6.45, 7) is 0. The Morgan fingerprint density at radius 2 is 1.65 bits per heavy atom. The molecular weight excluding hydrogens is 382 g/mol. The molecule has 0 saturated carbocycles. The number of nitrogens with one attached hydrogen (secondary N) is 4. The number of benzene rings is 1. The van der Waals surface area contributed by atoms with E-state index in [1.165, 1.54) is 6.21 Å². The Kier molecular flexibility index (Phi) is 10.5. The van der Waals surface area contributed by atoms with Gasteiger partial charge in [0.15, 0.2) is 10.2 Å². The second kappa shape index (κ2) is 11.5. The third kappa shape index (κ3) is 7.67. The van der Waals surface area contributed by atoms with Crippen LogP contribution in [-0.2, 0) is 17.1 Å². The van der Waals surface area contributed by atoms with E-state index in [0.29, 0.717) is 21.5 Å². The van der Waals surface area contributed by atoms with Gasteiger partial charge in [-0.15, -0.1) is 0 Å². The minimum absolute atomic E-state index is 0. The summed E-state index contributed by atoms with van der Waals surface area (Å²) in [4.78, 5) is 0. The molecule has 0 aliphatic carbocycles. The standard InChI is InChI=1S/C13H15N7S2.Cu/c1-15-12(21)19-17-8-11(18-20-13(22)16-2)10-5-3-9(7-14)4-6-10;/h3-6,8H,1-2H3,(H2,15,19,21)(H2,16,20,22);. The monoisotopic (exact) mass is 396 g/mol. The summed E-state index contributed by atoms with van der Waals surface area (Å²) in [6, 6.07) is 8.99. The van der Waals surface area contributed by atoms with Crippen molar-refractivity contribution in [2.24, 2.45) is 10.2 Å². The minimum atomic E-state index is 0. The number of hydrogen-bond acceptors (Lipinski definition) is 5. The zero-order valence-electron chi connectivity index (χ0n) is 12.3. The molecule has 0 unspecified atom stereocenters. The van der Waals surface area contributed by atoms with Gasteiger partial charge in [-0.05, 0) is 36.6 Å². The van der Waals surface area contributed by atoms with Crippen molar-refractivity contribution in [3.05, 3.63) is 35.4 Å². The zero-order valence-corrected chi connectivity index (χ0v) is 14.9. The zero-order chi connectivity index (χ0) is 16.4. The van der Waals surface area contributed by atoms with Crippen LogP contribution < -0.4 is 21.5 Å². The van der Waals surface area contributed by atoms with E-state index in [1.54, 1.807) is 38.4 Å². The van der Waals surface area contributed by atoms with Gasteiger partial charge in [0.1, 0.15) is 5.71 Å².